The van der Waals surface area contributed by atoms with E-state index in [4.69, 9.17) is 4.74 Å². The van der Waals surface area contributed by atoms with Crippen molar-refractivity contribution >= 4 is 29.3 Å². The smallest absolute Gasteiger partial charge is 0.407 e. The van der Waals surface area contributed by atoms with Gasteiger partial charge in [0.2, 0.25) is 11.8 Å². The van der Waals surface area contributed by atoms with E-state index in [-0.39, 0.29) is 30.1 Å². The summed E-state index contributed by atoms with van der Waals surface area (Å²) >= 11 is 0. The molecule has 1 heterocycles. The summed E-state index contributed by atoms with van der Waals surface area (Å²) in [6.45, 7) is 7.89. The van der Waals surface area contributed by atoms with E-state index < -0.39 is 23.4 Å². The quantitative estimate of drug-likeness (QED) is 0.235. The van der Waals surface area contributed by atoms with Gasteiger partial charge in [0.1, 0.15) is 11.6 Å². The van der Waals surface area contributed by atoms with Gasteiger partial charge in [-0.2, -0.15) is 0 Å². The molecule has 1 atom stereocenters. The molecule has 46 heavy (non-hydrogen) atoms. The third kappa shape index (κ3) is 10.1. The molecule has 0 radical (unpaired) electrons. The van der Waals surface area contributed by atoms with Crippen molar-refractivity contribution in [3.8, 4) is 11.1 Å². The highest BCUT2D eigenvalue weighted by Crippen LogP contribution is 2.29. The van der Waals surface area contributed by atoms with Crippen molar-refractivity contribution in [3.63, 3.8) is 0 Å². The van der Waals surface area contributed by atoms with E-state index in [1.807, 2.05) is 76.2 Å². The monoisotopic (exact) mass is 628 g/mol. The number of ether oxygens (including phenoxy) is 1. The Morgan fingerprint density at radius 2 is 1.76 bits per heavy atom. The summed E-state index contributed by atoms with van der Waals surface area (Å²) in [5.74, 6) is -0.467. The number of hydrogen-bond acceptors (Lipinski definition) is 7. The van der Waals surface area contributed by atoms with Gasteiger partial charge in [-0.3, -0.25) is 14.6 Å². The number of aliphatic imine (C=N–C) groups is 1. The Hall–Kier alpha value is -4.80. The lowest BCUT2D eigenvalue weighted by Crippen LogP contribution is -2.48. The van der Waals surface area contributed by atoms with Gasteiger partial charge in [0, 0.05) is 55.3 Å². The fraction of sp³-hybridized carbons (Fsp3) is 0.429. The normalized spacial score (nSPS) is 17.5. The lowest BCUT2D eigenvalue weighted by molar-refractivity contribution is -0.130. The first-order valence-electron chi connectivity index (χ1n) is 15.7. The number of aromatic nitrogens is 2. The van der Waals surface area contributed by atoms with Gasteiger partial charge in [-0.05, 0) is 88.1 Å². The summed E-state index contributed by atoms with van der Waals surface area (Å²) in [5.41, 5.74) is 3.86. The summed E-state index contributed by atoms with van der Waals surface area (Å²) in [5, 5.41) is 8.83. The van der Waals surface area contributed by atoms with E-state index in [0.717, 1.165) is 40.8 Å². The van der Waals surface area contributed by atoms with Crippen LogP contribution in [0.15, 0.2) is 70.7 Å². The van der Waals surface area contributed by atoms with Crippen molar-refractivity contribution in [1.82, 2.24) is 20.6 Å². The van der Waals surface area contributed by atoms with Gasteiger partial charge < -0.3 is 25.7 Å². The van der Waals surface area contributed by atoms with Gasteiger partial charge in [0.05, 0.1) is 0 Å². The third-order valence-electron chi connectivity index (χ3n) is 8.06. The Labute approximate surface area is 269 Å². The second kappa shape index (κ2) is 15.5. The van der Waals surface area contributed by atoms with Gasteiger partial charge in [0.15, 0.2) is 0 Å². The van der Waals surface area contributed by atoms with Crippen molar-refractivity contribution in [1.29, 1.82) is 0 Å². The number of rotatable bonds is 10. The fourth-order valence-corrected chi connectivity index (χ4v) is 5.44. The Kier molecular flexibility index (Phi) is 11.5. The Balaban J connectivity index is 1.44. The molecule has 1 aliphatic carbocycles. The van der Waals surface area contributed by atoms with Crippen LogP contribution in [0.1, 0.15) is 64.5 Å². The van der Waals surface area contributed by atoms with E-state index in [2.05, 4.69) is 30.9 Å². The van der Waals surface area contributed by atoms with Crippen molar-refractivity contribution < 1.29 is 19.1 Å². The van der Waals surface area contributed by atoms with E-state index >= 15 is 0 Å². The largest absolute Gasteiger partial charge is 0.444 e. The minimum atomic E-state index is -0.832. The van der Waals surface area contributed by atoms with Crippen LogP contribution in [0.2, 0.25) is 0 Å². The predicted octanol–water partition coefficient (Wildman–Crippen LogP) is 4.87. The van der Waals surface area contributed by atoms with Gasteiger partial charge in [-0.15, -0.1) is 0 Å². The maximum atomic E-state index is 13.7. The number of nitrogens with zero attached hydrogens (tertiary/aromatic N) is 2. The number of amides is 3. The number of carbonyl (C=O) groups excluding carboxylic acids is 3. The second-order valence-corrected chi connectivity index (χ2v) is 12.7. The number of alkyl carbamates (subject to hydrolysis) is 1. The zero-order chi connectivity index (χ0) is 33.3. The van der Waals surface area contributed by atoms with Gasteiger partial charge in [-0.1, -0.05) is 36.4 Å². The predicted molar refractivity (Wildman–Crippen MR) is 179 cm³/mol. The maximum absolute atomic E-state index is 13.7. The molecule has 4 N–H and O–H groups in total. The molecule has 244 valence electrons. The molecule has 3 amide bonds. The third-order valence-corrected chi connectivity index (χ3v) is 8.06. The molecule has 1 aromatic heterocycles. The van der Waals surface area contributed by atoms with E-state index in [1.54, 1.807) is 13.2 Å². The summed E-state index contributed by atoms with van der Waals surface area (Å²) < 4.78 is 5.33. The van der Waals surface area contributed by atoms with Crippen molar-refractivity contribution in [2.75, 3.05) is 18.9 Å². The molecular weight excluding hydrogens is 584 g/mol. The van der Waals surface area contributed by atoms with Crippen LogP contribution in [-0.4, -0.2) is 58.8 Å². The van der Waals surface area contributed by atoms with Crippen molar-refractivity contribution in [2.45, 2.75) is 71.4 Å². The molecule has 1 aliphatic rings. The minimum absolute atomic E-state index is 0.162. The first-order chi connectivity index (χ1) is 21.9. The number of anilines is 1. The summed E-state index contributed by atoms with van der Waals surface area (Å²) in [6, 6.07) is 14.2. The van der Waals surface area contributed by atoms with Gasteiger partial charge >= 0.3 is 11.8 Å². The lowest BCUT2D eigenvalue weighted by Gasteiger charge is -2.29. The van der Waals surface area contributed by atoms with Crippen LogP contribution in [0.5, 0.6) is 0 Å². The van der Waals surface area contributed by atoms with Crippen molar-refractivity contribution in [2.24, 2.45) is 16.8 Å². The highest BCUT2D eigenvalue weighted by atomic mass is 16.6. The zero-order valence-electron chi connectivity index (χ0n) is 27.2. The SMILES string of the molecule is CN=C(C)c1ccc(NC(=O)[C@H](Cc2cccc(-c3cnc(=O)[nH]c3)c2)NC(=O)C2CCC(CNC(=O)OC(C)(C)C)CC2)cc1. The lowest BCUT2D eigenvalue weighted by atomic mass is 9.81. The molecule has 1 saturated carbocycles. The van der Waals surface area contributed by atoms with Crippen LogP contribution in [-0.2, 0) is 20.7 Å². The number of nitrogens with one attached hydrogen (secondary N) is 4. The first kappa shape index (κ1) is 34.1. The Morgan fingerprint density at radius 1 is 1.04 bits per heavy atom. The zero-order valence-corrected chi connectivity index (χ0v) is 27.2. The Bertz CT molecular complexity index is 1580. The molecular formula is C35H44N6O5. The summed E-state index contributed by atoms with van der Waals surface area (Å²) in [7, 11) is 1.73. The van der Waals surface area contributed by atoms with Crippen LogP contribution < -0.4 is 21.6 Å². The molecule has 0 bridgehead atoms. The topological polar surface area (TPSA) is 155 Å². The maximum Gasteiger partial charge on any atom is 0.407 e. The molecule has 11 heteroatoms. The summed E-state index contributed by atoms with van der Waals surface area (Å²) in [6.07, 6.45) is 5.80. The van der Waals surface area contributed by atoms with Crippen LogP contribution >= 0.6 is 0 Å². The van der Waals surface area contributed by atoms with Gasteiger partial charge in [0.25, 0.3) is 0 Å². The molecule has 0 spiro atoms. The van der Waals surface area contributed by atoms with Gasteiger partial charge in [-0.25, -0.2) is 14.6 Å². The van der Waals surface area contributed by atoms with Crippen molar-refractivity contribution in [3.05, 3.63) is 82.5 Å². The number of H-pyrrole nitrogens is 1. The standard InChI is InChI=1S/C35H44N6O5/c1-22(36-5)25-13-15-29(16-14-25)40-32(43)30(18-24-7-6-8-27(17-24)28-20-37-33(44)38-21-28)41-31(42)26-11-9-23(10-12-26)19-39-34(45)46-35(2,3)4/h6-8,13-17,20-21,23,26,30H,9-12,18-19H2,1-5H3,(H,39,45)(H,40,43)(H,41,42)(H,37,38,44)/t23?,26?,30-/m0/s1. The molecule has 0 saturated heterocycles. The molecule has 4 rings (SSSR count). The highest BCUT2D eigenvalue weighted by molar-refractivity contribution is 6.00. The molecule has 1 fully saturated rings. The number of benzene rings is 2. The van der Waals surface area contributed by atoms with Crippen LogP contribution in [0.3, 0.4) is 0 Å². The number of carbonyl (C=O) groups is 3. The van der Waals surface area contributed by atoms with E-state index in [1.165, 1.54) is 6.20 Å². The molecule has 0 aliphatic heterocycles. The van der Waals surface area contributed by atoms with E-state index in [9.17, 15) is 19.2 Å². The van der Waals surface area contributed by atoms with Crippen LogP contribution in [0, 0.1) is 11.8 Å². The summed E-state index contributed by atoms with van der Waals surface area (Å²) in [4.78, 5) is 61.3. The van der Waals surface area contributed by atoms with E-state index in [0.29, 0.717) is 25.1 Å². The average Bonchev–Trinajstić information content (AvgIpc) is 3.03. The molecule has 0 unspecified atom stereocenters. The van der Waals surface area contributed by atoms with Crippen LogP contribution in [0.4, 0.5) is 10.5 Å². The molecule has 3 aromatic rings. The second-order valence-electron chi connectivity index (χ2n) is 12.7. The average molecular weight is 629 g/mol. The number of hydrogen-bond donors (Lipinski definition) is 4. The molecule has 2 aromatic carbocycles. The van der Waals surface area contributed by atoms with Crippen LogP contribution in [0.25, 0.3) is 11.1 Å². The minimum Gasteiger partial charge on any atom is -0.444 e. The molecule has 11 nitrogen and oxygen atoms in total. The first-order valence-corrected chi connectivity index (χ1v) is 15.7. The number of aromatic amines is 1. The Morgan fingerprint density at radius 3 is 2.39 bits per heavy atom. The fourth-order valence-electron chi connectivity index (χ4n) is 5.44. The highest BCUT2D eigenvalue weighted by Gasteiger charge is 2.30.